The van der Waals surface area contributed by atoms with E-state index in [1.165, 1.54) is 54.6 Å². The van der Waals surface area contributed by atoms with E-state index < -0.39 is 0 Å². The maximum Gasteiger partial charge on any atom is 0.146 e. The maximum absolute atomic E-state index is 9.13. The van der Waals surface area contributed by atoms with E-state index >= 15 is 0 Å². The van der Waals surface area contributed by atoms with Crippen LogP contribution in [0.5, 0.6) is 0 Å². The second-order valence-electron chi connectivity index (χ2n) is 6.54. The van der Waals surface area contributed by atoms with Crippen molar-refractivity contribution in [1.82, 2.24) is 0 Å². The number of hydrogen-bond acceptors (Lipinski definition) is 7. The molecule has 7 heteroatoms. The Morgan fingerprint density at radius 2 is 1.21 bits per heavy atom. The third-order valence-corrected chi connectivity index (χ3v) is 11.6. The number of nitrogens with zero attached hydrogens (tertiary/aromatic N) is 2. The van der Waals surface area contributed by atoms with Gasteiger partial charge in [0.2, 0.25) is 0 Å². The number of thiophene rings is 3. The molecule has 0 atom stereocenters. The minimum atomic E-state index is 0.179. The standard InChI is InChI=1S/C22H16N2S5/c1-11-12(2)21(18-7-8-19(28-18)22-25-13(3)14(4)26-22)29-20(11)17-6-5-16(27-17)15(9-23)10-24/h5-8H,1-4H3/b20-17+,21-18+. The fourth-order valence-corrected chi connectivity index (χ4v) is 9.20. The fourth-order valence-electron chi connectivity index (χ4n) is 2.91. The highest BCUT2D eigenvalue weighted by Crippen LogP contribution is 2.49. The monoisotopic (exact) mass is 468 g/mol. The largest absolute Gasteiger partial charge is 0.192 e. The minimum Gasteiger partial charge on any atom is -0.192 e. The highest BCUT2D eigenvalue weighted by molar-refractivity contribution is 8.35. The second-order valence-corrected chi connectivity index (χ2v) is 12.4. The molecular formula is C22H16N2S5. The lowest BCUT2D eigenvalue weighted by atomic mass is 10.2. The summed E-state index contributed by atoms with van der Waals surface area (Å²) >= 11 is 8.92. The van der Waals surface area contributed by atoms with Crippen molar-refractivity contribution >= 4 is 67.3 Å². The Labute approximate surface area is 189 Å². The third-order valence-electron chi connectivity index (χ3n) is 4.77. The molecule has 0 aliphatic carbocycles. The summed E-state index contributed by atoms with van der Waals surface area (Å²) in [5.74, 6) is 0. The highest BCUT2D eigenvalue weighted by Gasteiger charge is 2.15. The van der Waals surface area contributed by atoms with Crippen LogP contribution in [0.1, 0.15) is 25.0 Å². The van der Waals surface area contributed by atoms with Crippen molar-refractivity contribution in [2.24, 2.45) is 0 Å². The average molecular weight is 469 g/mol. The molecule has 3 aromatic rings. The molecule has 4 rings (SSSR count). The molecule has 144 valence electrons. The molecule has 0 saturated carbocycles. The molecular weight excluding hydrogens is 453 g/mol. The molecule has 3 aromatic heterocycles. The molecule has 0 saturated heterocycles. The molecule has 0 bridgehead atoms. The van der Waals surface area contributed by atoms with Crippen LogP contribution in [0.25, 0.3) is 9.81 Å². The molecule has 29 heavy (non-hydrogen) atoms. The summed E-state index contributed by atoms with van der Waals surface area (Å²) in [6, 6.07) is 12.3. The van der Waals surface area contributed by atoms with Gasteiger partial charge in [-0.3, -0.25) is 0 Å². The number of allylic oxidation sites excluding steroid dienone is 2. The molecule has 0 fully saturated rings. The van der Waals surface area contributed by atoms with Gasteiger partial charge in [0.15, 0.2) is 0 Å². The van der Waals surface area contributed by atoms with Gasteiger partial charge in [-0.2, -0.15) is 10.5 Å². The summed E-state index contributed by atoms with van der Waals surface area (Å²) in [5.41, 5.74) is 2.76. The number of hydrogen-bond donors (Lipinski definition) is 0. The van der Waals surface area contributed by atoms with Gasteiger partial charge < -0.3 is 0 Å². The van der Waals surface area contributed by atoms with Crippen LogP contribution in [-0.4, -0.2) is 0 Å². The van der Waals surface area contributed by atoms with Crippen molar-refractivity contribution in [2.75, 3.05) is 0 Å². The Morgan fingerprint density at radius 3 is 1.79 bits per heavy atom. The molecule has 2 nitrogen and oxygen atoms in total. The van der Waals surface area contributed by atoms with Crippen LogP contribution in [0.4, 0.5) is 0 Å². The molecule has 0 N–H and O–H groups in total. The van der Waals surface area contributed by atoms with Gasteiger partial charge in [0.05, 0.1) is 8.77 Å². The summed E-state index contributed by atoms with van der Waals surface area (Å²) in [7, 11) is 0. The molecule has 0 radical (unpaired) electrons. The van der Waals surface area contributed by atoms with E-state index in [9.17, 15) is 0 Å². The van der Waals surface area contributed by atoms with E-state index in [0.717, 1.165) is 9.06 Å². The predicted molar refractivity (Wildman–Crippen MR) is 129 cm³/mol. The van der Waals surface area contributed by atoms with Gasteiger partial charge in [-0.15, -0.1) is 34.0 Å². The van der Waals surface area contributed by atoms with E-state index in [-0.39, 0.29) is 5.57 Å². The van der Waals surface area contributed by atoms with E-state index in [1.54, 1.807) is 11.3 Å². The molecule has 0 aromatic carbocycles. The Hall–Kier alpha value is -1.74. The molecule has 1 aliphatic rings. The van der Waals surface area contributed by atoms with Gasteiger partial charge >= 0.3 is 0 Å². The smallest absolute Gasteiger partial charge is 0.146 e. The lowest BCUT2D eigenvalue weighted by Gasteiger charge is -1.90. The zero-order valence-corrected chi connectivity index (χ0v) is 20.3. The maximum atomic E-state index is 9.13. The van der Waals surface area contributed by atoms with E-state index in [1.807, 2.05) is 59.1 Å². The van der Waals surface area contributed by atoms with Crippen LogP contribution in [0.2, 0.25) is 0 Å². The van der Waals surface area contributed by atoms with Gasteiger partial charge in [0.1, 0.15) is 17.7 Å². The lowest BCUT2D eigenvalue weighted by molar-refractivity contribution is 1.35. The lowest BCUT2D eigenvalue weighted by Crippen LogP contribution is -1.94. The first-order chi connectivity index (χ1) is 13.9. The molecule has 0 spiro atoms. The molecule has 0 unspecified atom stereocenters. The van der Waals surface area contributed by atoms with Crippen molar-refractivity contribution in [3.8, 4) is 12.1 Å². The Morgan fingerprint density at radius 1 is 0.690 bits per heavy atom. The van der Waals surface area contributed by atoms with Crippen LogP contribution in [0, 0.1) is 54.6 Å². The Kier molecular flexibility index (Phi) is 5.79. The molecule has 0 amide bonds. The topological polar surface area (TPSA) is 47.6 Å². The van der Waals surface area contributed by atoms with Gasteiger partial charge in [0.25, 0.3) is 0 Å². The second kappa shape index (κ2) is 8.18. The Balaban J connectivity index is 2.00. The van der Waals surface area contributed by atoms with E-state index in [0.29, 0.717) is 0 Å². The van der Waals surface area contributed by atoms with Crippen molar-refractivity contribution < 1.29 is 0 Å². The Bertz CT molecular complexity index is 1530. The van der Waals surface area contributed by atoms with Crippen molar-refractivity contribution in [3.63, 3.8) is 0 Å². The predicted octanol–water partition coefficient (Wildman–Crippen LogP) is 6.06. The first-order valence-corrected chi connectivity index (χ1v) is 12.9. The summed E-state index contributed by atoms with van der Waals surface area (Å²) in [6.45, 7) is 8.71. The van der Waals surface area contributed by atoms with Gasteiger partial charge in [0, 0.05) is 22.7 Å². The highest BCUT2D eigenvalue weighted by atomic mass is 32.2. The normalized spacial score (nSPS) is 16.1. The van der Waals surface area contributed by atoms with Crippen LogP contribution >= 0.6 is 57.5 Å². The quantitative estimate of drug-likeness (QED) is 0.402. The van der Waals surface area contributed by atoms with Crippen LogP contribution in [0.3, 0.4) is 0 Å². The van der Waals surface area contributed by atoms with Gasteiger partial charge in [-0.1, -0.05) is 23.5 Å². The van der Waals surface area contributed by atoms with Crippen LogP contribution < -0.4 is 9.06 Å². The SMILES string of the molecule is CC1=C(C)SC(=c2cc/c(=c3\s/c(=c4\ccc(=C(C#N)C#N)s4)c(C)c3C)s2)S1. The molecule has 1 aliphatic heterocycles. The van der Waals surface area contributed by atoms with Crippen molar-refractivity contribution in [3.05, 3.63) is 72.4 Å². The van der Waals surface area contributed by atoms with E-state index in [4.69, 9.17) is 10.5 Å². The number of thioether (sulfide) groups is 2. The summed E-state index contributed by atoms with van der Waals surface area (Å²) in [6.07, 6.45) is 0. The van der Waals surface area contributed by atoms with Gasteiger partial charge in [-0.05, 0) is 72.9 Å². The summed E-state index contributed by atoms with van der Waals surface area (Å²) in [4.78, 5) is 2.79. The zero-order chi connectivity index (χ0) is 20.7. The van der Waals surface area contributed by atoms with Crippen molar-refractivity contribution in [2.45, 2.75) is 27.7 Å². The number of rotatable bonds is 0. The van der Waals surface area contributed by atoms with E-state index in [2.05, 4.69) is 39.8 Å². The molecule has 4 heterocycles. The number of nitriles is 2. The third kappa shape index (κ3) is 3.74. The van der Waals surface area contributed by atoms with Crippen LogP contribution in [-0.2, 0) is 0 Å². The fraction of sp³-hybridized carbons (Fsp3) is 0.182. The zero-order valence-electron chi connectivity index (χ0n) is 16.2. The first kappa shape index (κ1) is 20.5. The van der Waals surface area contributed by atoms with Crippen LogP contribution in [0.15, 0.2) is 34.1 Å². The average Bonchev–Trinajstić information content (AvgIpc) is 3.47. The first-order valence-electron chi connectivity index (χ1n) is 8.81. The summed E-state index contributed by atoms with van der Waals surface area (Å²) < 4.78 is 8.39. The van der Waals surface area contributed by atoms with Gasteiger partial charge in [-0.25, -0.2) is 0 Å². The van der Waals surface area contributed by atoms with Crippen molar-refractivity contribution in [1.29, 1.82) is 10.5 Å². The minimum absolute atomic E-state index is 0.179. The summed E-state index contributed by atoms with van der Waals surface area (Å²) in [5, 5.41) is 18.3.